The number of halogens is 2. The van der Waals surface area contributed by atoms with Crippen LogP contribution in [0.5, 0.6) is 11.5 Å². The number of amides is 4. The van der Waals surface area contributed by atoms with Crippen LogP contribution in [0.2, 0.25) is 0 Å². The minimum absolute atomic E-state index is 0.156. The number of carbonyl (C=O) groups is 3. The van der Waals surface area contributed by atoms with Crippen LogP contribution in [0.1, 0.15) is 18.9 Å². The normalized spacial score (nSPS) is 21.2. The van der Waals surface area contributed by atoms with Gasteiger partial charge in [-0.15, -0.1) is 8.78 Å². The number of anilines is 1. The van der Waals surface area contributed by atoms with Crippen LogP contribution >= 0.6 is 0 Å². The number of alkyl halides is 2. The van der Waals surface area contributed by atoms with Crippen molar-refractivity contribution >= 4 is 23.5 Å². The first-order chi connectivity index (χ1) is 14.7. The van der Waals surface area contributed by atoms with Crippen LogP contribution in [0.15, 0.2) is 48.5 Å². The standard InChI is InChI=1S/C21H19F2N3O5/c1-20(10-9-13-5-3-2-4-6-13)18(28)26(19(29)25-20)12-17(27)24-14-7-8-15-16(11-14)31-21(22,23)30-15/h2-8,11H,9-10,12H2,1H3,(H,24,27)(H,25,29)/t20-/m0/s1. The van der Waals surface area contributed by atoms with Gasteiger partial charge in [0.2, 0.25) is 5.91 Å². The Morgan fingerprint density at radius 1 is 1.10 bits per heavy atom. The zero-order valence-corrected chi connectivity index (χ0v) is 16.5. The predicted molar refractivity (Wildman–Crippen MR) is 105 cm³/mol. The number of hydrogen-bond donors (Lipinski definition) is 2. The van der Waals surface area contributed by atoms with Crippen molar-refractivity contribution in [1.29, 1.82) is 0 Å². The van der Waals surface area contributed by atoms with Crippen LogP contribution in [-0.4, -0.2) is 41.1 Å². The molecule has 1 saturated heterocycles. The number of imide groups is 1. The van der Waals surface area contributed by atoms with Crippen LogP contribution in [0, 0.1) is 0 Å². The average Bonchev–Trinajstić information content (AvgIpc) is 3.13. The minimum Gasteiger partial charge on any atom is -0.395 e. The molecule has 2 N–H and O–H groups in total. The predicted octanol–water partition coefficient (Wildman–Crippen LogP) is 2.89. The lowest BCUT2D eigenvalue weighted by Crippen LogP contribution is -2.45. The van der Waals surface area contributed by atoms with Gasteiger partial charge in [0, 0.05) is 11.8 Å². The van der Waals surface area contributed by atoms with Gasteiger partial charge in [0.25, 0.3) is 5.91 Å². The molecule has 10 heteroatoms. The highest BCUT2D eigenvalue weighted by Crippen LogP contribution is 2.42. The topological polar surface area (TPSA) is 97.0 Å². The third-order valence-electron chi connectivity index (χ3n) is 5.09. The number of urea groups is 1. The molecule has 0 saturated carbocycles. The van der Waals surface area contributed by atoms with E-state index in [1.807, 2.05) is 30.3 Å². The molecule has 2 aromatic rings. The summed E-state index contributed by atoms with van der Waals surface area (Å²) in [5.74, 6) is -1.56. The summed E-state index contributed by atoms with van der Waals surface area (Å²) in [5, 5.41) is 5.11. The molecule has 0 aromatic heterocycles. The van der Waals surface area contributed by atoms with Crippen molar-refractivity contribution in [2.45, 2.75) is 31.6 Å². The molecule has 2 heterocycles. The van der Waals surface area contributed by atoms with Gasteiger partial charge in [-0.1, -0.05) is 30.3 Å². The molecule has 0 unspecified atom stereocenters. The van der Waals surface area contributed by atoms with Crippen molar-refractivity contribution in [2.75, 3.05) is 11.9 Å². The van der Waals surface area contributed by atoms with Crippen molar-refractivity contribution in [2.24, 2.45) is 0 Å². The van der Waals surface area contributed by atoms with Gasteiger partial charge in [-0.3, -0.25) is 14.5 Å². The zero-order chi connectivity index (χ0) is 22.2. The number of rotatable bonds is 6. The van der Waals surface area contributed by atoms with Crippen molar-refractivity contribution in [1.82, 2.24) is 10.2 Å². The molecular formula is C21H19F2N3O5. The van der Waals surface area contributed by atoms with E-state index in [9.17, 15) is 23.2 Å². The van der Waals surface area contributed by atoms with Crippen molar-refractivity contribution in [3.8, 4) is 11.5 Å². The van der Waals surface area contributed by atoms with E-state index in [0.717, 1.165) is 10.5 Å². The van der Waals surface area contributed by atoms with E-state index in [4.69, 9.17) is 0 Å². The van der Waals surface area contributed by atoms with E-state index in [1.165, 1.54) is 18.2 Å². The minimum atomic E-state index is -3.77. The third kappa shape index (κ3) is 4.27. The first-order valence-corrected chi connectivity index (χ1v) is 9.53. The number of nitrogens with one attached hydrogen (secondary N) is 2. The lowest BCUT2D eigenvalue weighted by Gasteiger charge is -2.21. The second kappa shape index (κ2) is 7.53. The summed E-state index contributed by atoms with van der Waals surface area (Å²) in [6.45, 7) is 1.10. The highest BCUT2D eigenvalue weighted by atomic mass is 19.3. The summed E-state index contributed by atoms with van der Waals surface area (Å²) in [6.07, 6.45) is -2.82. The molecule has 2 aliphatic heterocycles. The van der Waals surface area contributed by atoms with E-state index in [-0.39, 0.29) is 17.2 Å². The molecule has 162 valence electrons. The Morgan fingerprint density at radius 3 is 2.55 bits per heavy atom. The van der Waals surface area contributed by atoms with Crippen LogP contribution in [0.4, 0.5) is 19.3 Å². The van der Waals surface area contributed by atoms with Crippen LogP contribution < -0.4 is 20.1 Å². The van der Waals surface area contributed by atoms with E-state index >= 15 is 0 Å². The van der Waals surface area contributed by atoms with Gasteiger partial charge in [0.05, 0.1) is 0 Å². The van der Waals surface area contributed by atoms with Crippen LogP contribution in [0.25, 0.3) is 0 Å². The van der Waals surface area contributed by atoms with Gasteiger partial charge in [-0.05, 0) is 37.5 Å². The number of nitrogens with zero attached hydrogens (tertiary/aromatic N) is 1. The van der Waals surface area contributed by atoms with Crippen molar-refractivity contribution in [3.05, 3.63) is 54.1 Å². The van der Waals surface area contributed by atoms with Gasteiger partial charge in [0.1, 0.15) is 12.1 Å². The summed E-state index contributed by atoms with van der Waals surface area (Å²) in [4.78, 5) is 38.3. The quantitative estimate of drug-likeness (QED) is 0.686. The highest BCUT2D eigenvalue weighted by Gasteiger charge is 2.48. The summed E-state index contributed by atoms with van der Waals surface area (Å²) in [6, 6.07) is 12.6. The van der Waals surface area contributed by atoms with Gasteiger partial charge in [0.15, 0.2) is 11.5 Å². The summed E-state index contributed by atoms with van der Waals surface area (Å²) in [5.41, 5.74) is 0.0525. The second-order valence-corrected chi connectivity index (χ2v) is 7.52. The maximum atomic E-state index is 13.1. The maximum absolute atomic E-state index is 13.1. The first kappa shape index (κ1) is 20.6. The maximum Gasteiger partial charge on any atom is 0.586 e. The number of carbonyl (C=O) groups excluding carboxylic acids is 3. The smallest absolute Gasteiger partial charge is 0.395 e. The zero-order valence-electron chi connectivity index (χ0n) is 16.5. The molecule has 0 bridgehead atoms. The van der Waals surface area contributed by atoms with Gasteiger partial charge in [-0.25, -0.2) is 4.79 Å². The molecular weight excluding hydrogens is 412 g/mol. The lowest BCUT2D eigenvalue weighted by molar-refractivity contribution is -0.286. The van der Waals surface area contributed by atoms with E-state index in [1.54, 1.807) is 6.92 Å². The van der Waals surface area contributed by atoms with E-state index in [2.05, 4.69) is 20.1 Å². The lowest BCUT2D eigenvalue weighted by atomic mass is 9.93. The molecule has 0 spiro atoms. The van der Waals surface area contributed by atoms with Crippen LogP contribution in [-0.2, 0) is 16.0 Å². The fraction of sp³-hybridized carbons (Fsp3) is 0.286. The molecule has 1 atom stereocenters. The summed E-state index contributed by atoms with van der Waals surface area (Å²) >= 11 is 0. The summed E-state index contributed by atoms with van der Waals surface area (Å²) < 4.78 is 34.9. The largest absolute Gasteiger partial charge is 0.586 e. The van der Waals surface area contributed by atoms with Gasteiger partial charge in [-0.2, -0.15) is 0 Å². The Balaban J connectivity index is 1.37. The fourth-order valence-electron chi connectivity index (χ4n) is 3.47. The van der Waals surface area contributed by atoms with Gasteiger partial charge >= 0.3 is 12.3 Å². The Hall–Kier alpha value is -3.69. The third-order valence-corrected chi connectivity index (χ3v) is 5.09. The Kier molecular flexibility index (Phi) is 5.00. The monoisotopic (exact) mass is 431 g/mol. The number of aryl methyl sites for hydroxylation is 1. The number of benzene rings is 2. The second-order valence-electron chi connectivity index (χ2n) is 7.52. The molecule has 31 heavy (non-hydrogen) atoms. The van der Waals surface area contributed by atoms with E-state index < -0.39 is 36.2 Å². The number of fused-ring (bicyclic) bond motifs is 1. The molecule has 4 rings (SSSR count). The first-order valence-electron chi connectivity index (χ1n) is 9.53. The molecule has 4 amide bonds. The Morgan fingerprint density at radius 2 is 1.81 bits per heavy atom. The molecule has 8 nitrogen and oxygen atoms in total. The average molecular weight is 431 g/mol. The van der Waals surface area contributed by atoms with Crippen molar-refractivity contribution in [3.63, 3.8) is 0 Å². The molecule has 2 aliphatic rings. The summed E-state index contributed by atoms with van der Waals surface area (Å²) in [7, 11) is 0. The van der Waals surface area contributed by atoms with E-state index in [0.29, 0.717) is 12.8 Å². The number of hydrogen-bond acceptors (Lipinski definition) is 5. The van der Waals surface area contributed by atoms with Gasteiger partial charge < -0.3 is 20.1 Å². The highest BCUT2D eigenvalue weighted by molar-refractivity contribution is 6.09. The SMILES string of the molecule is C[C@@]1(CCc2ccccc2)NC(=O)N(CC(=O)Nc2ccc3c(c2)OC(F)(F)O3)C1=O. The molecule has 2 aromatic carbocycles. The molecule has 0 radical (unpaired) electrons. The molecule has 1 fully saturated rings. The van der Waals surface area contributed by atoms with Crippen molar-refractivity contribution < 1.29 is 32.6 Å². The number of ether oxygens (including phenoxy) is 2. The molecule has 0 aliphatic carbocycles. The Labute approximate surface area is 176 Å². The Bertz CT molecular complexity index is 1050. The fourth-order valence-corrected chi connectivity index (χ4v) is 3.47. The van der Waals surface area contributed by atoms with Crippen LogP contribution in [0.3, 0.4) is 0 Å².